The van der Waals surface area contributed by atoms with Gasteiger partial charge in [0.25, 0.3) is 0 Å². The molecule has 0 rings (SSSR count). The van der Waals surface area contributed by atoms with Crippen molar-refractivity contribution in [2.75, 3.05) is 20.3 Å². The molecule has 0 spiro atoms. The molecule has 4 nitrogen and oxygen atoms in total. The van der Waals surface area contributed by atoms with Crippen molar-refractivity contribution in [3.63, 3.8) is 0 Å². The second-order valence-corrected chi connectivity index (χ2v) is 4.56. The van der Waals surface area contributed by atoms with Crippen LogP contribution in [0, 0.1) is 0 Å². The number of carbonyl (C=O) groups is 1. The summed E-state index contributed by atoms with van der Waals surface area (Å²) in [7, 11) is 1.67. The highest BCUT2D eigenvalue weighted by atomic mass is 16.5. The molecular weight excluding hydrogens is 254 g/mol. The van der Waals surface area contributed by atoms with E-state index in [1.54, 1.807) is 13.2 Å². The van der Waals surface area contributed by atoms with Gasteiger partial charge in [0.1, 0.15) is 0 Å². The van der Waals surface area contributed by atoms with E-state index in [1.165, 1.54) is 0 Å². The zero-order chi connectivity index (χ0) is 15.2. The van der Waals surface area contributed by atoms with Crippen LogP contribution in [-0.4, -0.2) is 32.5 Å². The first-order valence-corrected chi connectivity index (χ1v) is 6.96. The molecule has 0 aliphatic heterocycles. The van der Waals surface area contributed by atoms with Crippen LogP contribution in [0.15, 0.2) is 37.0 Å². The molecule has 4 heteroatoms. The Labute approximate surface area is 122 Å². The lowest BCUT2D eigenvalue weighted by Gasteiger charge is -2.09. The first-order valence-electron chi connectivity index (χ1n) is 6.96. The third-order valence-electron chi connectivity index (χ3n) is 2.81. The number of hydrogen-bond donors (Lipinski definition) is 1. The van der Waals surface area contributed by atoms with Gasteiger partial charge in [-0.25, -0.2) is 4.79 Å². The van der Waals surface area contributed by atoms with Crippen molar-refractivity contribution >= 4 is 6.09 Å². The minimum absolute atomic E-state index is 0.0850. The molecule has 1 atom stereocenters. The molecule has 114 valence electrons. The van der Waals surface area contributed by atoms with Gasteiger partial charge >= 0.3 is 6.09 Å². The fourth-order valence-electron chi connectivity index (χ4n) is 1.55. The smallest absolute Gasteiger partial charge is 0.407 e. The van der Waals surface area contributed by atoms with Crippen molar-refractivity contribution in [1.29, 1.82) is 0 Å². The van der Waals surface area contributed by atoms with Crippen LogP contribution in [-0.2, 0) is 9.47 Å². The van der Waals surface area contributed by atoms with E-state index in [1.807, 2.05) is 13.0 Å². The van der Waals surface area contributed by atoms with Gasteiger partial charge in [0.2, 0.25) is 0 Å². The van der Waals surface area contributed by atoms with Gasteiger partial charge in [0.05, 0.1) is 12.7 Å². The Morgan fingerprint density at radius 2 is 2.10 bits per heavy atom. The third kappa shape index (κ3) is 10.4. The lowest BCUT2D eigenvalue weighted by molar-refractivity contribution is 0.134. The summed E-state index contributed by atoms with van der Waals surface area (Å²) in [5.41, 5.74) is 1.10. The summed E-state index contributed by atoms with van der Waals surface area (Å²) in [6.07, 6.45) is 8.86. The number of ether oxygens (including phenoxy) is 2. The highest BCUT2D eigenvalue weighted by Gasteiger charge is 2.02. The number of methoxy groups -OCH3 is 1. The maximum Gasteiger partial charge on any atom is 0.407 e. The number of amides is 1. The molecular formula is C16H27NO3. The van der Waals surface area contributed by atoms with Gasteiger partial charge < -0.3 is 14.8 Å². The van der Waals surface area contributed by atoms with Gasteiger partial charge in [-0.2, -0.15) is 0 Å². The monoisotopic (exact) mass is 281 g/mol. The third-order valence-corrected chi connectivity index (χ3v) is 2.81. The normalized spacial score (nSPS) is 12.6. The number of nitrogens with one attached hydrogen (secondary N) is 1. The zero-order valence-corrected chi connectivity index (χ0v) is 12.7. The predicted octanol–water partition coefficient (Wildman–Crippen LogP) is 3.61. The molecule has 0 aromatic carbocycles. The van der Waals surface area contributed by atoms with E-state index in [-0.39, 0.29) is 12.2 Å². The fraction of sp³-hybridized carbons (Fsp3) is 0.562. The zero-order valence-electron chi connectivity index (χ0n) is 12.7. The van der Waals surface area contributed by atoms with E-state index >= 15 is 0 Å². The van der Waals surface area contributed by atoms with Crippen molar-refractivity contribution in [3.05, 3.63) is 37.0 Å². The molecule has 0 bridgehead atoms. The molecule has 20 heavy (non-hydrogen) atoms. The highest BCUT2D eigenvalue weighted by molar-refractivity contribution is 5.67. The maximum atomic E-state index is 11.4. The lowest BCUT2D eigenvalue weighted by Crippen LogP contribution is -2.26. The Morgan fingerprint density at radius 3 is 2.70 bits per heavy atom. The molecule has 0 heterocycles. The lowest BCUT2D eigenvalue weighted by atomic mass is 10.1. The molecule has 0 saturated carbocycles. The largest absolute Gasteiger partial charge is 0.450 e. The van der Waals surface area contributed by atoms with Gasteiger partial charge in [-0.3, -0.25) is 0 Å². The SMILES string of the molecule is C=CCCCOC(=O)NC/C(C)=C\CCC(C=C)OC. The molecule has 0 saturated heterocycles. The molecule has 0 fully saturated rings. The van der Waals surface area contributed by atoms with Crippen LogP contribution in [0.4, 0.5) is 4.79 Å². The Bertz CT molecular complexity index is 324. The van der Waals surface area contributed by atoms with Crippen LogP contribution in [0.25, 0.3) is 0 Å². The molecule has 0 aromatic heterocycles. The Hall–Kier alpha value is -1.55. The molecule has 1 amide bonds. The van der Waals surface area contributed by atoms with Crippen molar-refractivity contribution < 1.29 is 14.3 Å². The quantitative estimate of drug-likeness (QED) is 0.465. The topological polar surface area (TPSA) is 47.6 Å². The number of carbonyl (C=O) groups excluding carboxylic acids is 1. The summed E-state index contributed by atoms with van der Waals surface area (Å²) in [5, 5.41) is 2.72. The van der Waals surface area contributed by atoms with E-state index in [0.29, 0.717) is 13.2 Å². The number of alkyl carbamates (subject to hydrolysis) is 1. The second-order valence-electron chi connectivity index (χ2n) is 4.56. The first-order chi connectivity index (χ1) is 9.63. The van der Waals surface area contributed by atoms with Crippen LogP contribution in [0.2, 0.25) is 0 Å². The number of allylic oxidation sites excluding steroid dienone is 2. The second kappa shape index (κ2) is 12.5. The fourth-order valence-corrected chi connectivity index (χ4v) is 1.55. The summed E-state index contributed by atoms with van der Waals surface area (Å²) in [5.74, 6) is 0. The molecule has 1 N–H and O–H groups in total. The van der Waals surface area contributed by atoms with Gasteiger partial charge in [0.15, 0.2) is 0 Å². The Morgan fingerprint density at radius 1 is 1.35 bits per heavy atom. The summed E-state index contributed by atoms with van der Waals surface area (Å²) in [4.78, 5) is 11.4. The van der Waals surface area contributed by atoms with Crippen LogP contribution in [0.5, 0.6) is 0 Å². The van der Waals surface area contributed by atoms with E-state index < -0.39 is 0 Å². The van der Waals surface area contributed by atoms with Gasteiger partial charge in [-0.05, 0) is 32.6 Å². The molecule has 1 unspecified atom stereocenters. The molecule has 0 radical (unpaired) electrons. The summed E-state index contributed by atoms with van der Waals surface area (Å²) >= 11 is 0. The average molecular weight is 281 g/mol. The van der Waals surface area contributed by atoms with Gasteiger partial charge in [-0.1, -0.05) is 23.8 Å². The standard InChI is InChI=1S/C16H27NO3/c1-5-7-8-12-20-16(18)17-13-14(3)10-9-11-15(6-2)19-4/h5-6,10,15H,1-2,7-9,11-13H2,3-4H3,(H,17,18)/b14-10-. The van der Waals surface area contributed by atoms with E-state index in [0.717, 1.165) is 31.3 Å². The van der Waals surface area contributed by atoms with Crippen LogP contribution >= 0.6 is 0 Å². The van der Waals surface area contributed by atoms with Crippen molar-refractivity contribution in [2.24, 2.45) is 0 Å². The van der Waals surface area contributed by atoms with Crippen molar-refractivity contribution in [2.45, 2.75) is 38.7 Å². The van der Waals surface area contributed by atoms with Crippen LogP contribution < -0.4 is 5.32 Å². The van der Waals surface area contributed by atoms with E-state index in [4.69, 9.17) is 9.47 Å². The molecule has 0 aromatic rings. The number of unbranched alkanes of at least 4 members (excludes halogenated alkanes) is 1. The Kier molecular flexibility index (Phi) is 11.5. The summed E-state index contributed by atoms with van der Waals surface area (Å²) in [6, 6.07) is 0. The minimum atomic E-state index is -0.373. The van der Waals surface area contributed by atoms with Crippen LogP contribution in [0.3, 0.4) is 0 Å². The van der Waals surface area contributed by atoms with Gasteiger partial charge in [0, 0.05) is 13.7 Å². The van der Waals surface area contributed by atoms with Crippen molar-refractivity contribution in [1.82, 2.24) is 5.32 Å². The minimum Gasteiger partial charge on any atom is -0.450 e. The average Bonchev–Trinajstić information content (AvgIpc) is 2.46. The van der Waals surface area contributed by atoms with Gasteiger partial charge in [-0.15, -0.1) is 13.2 Å². The van der Waals surface area contributed by atoms with E-state index in [9.17, 15) is 4.79 Å². The van der Waals surface area contributed by atoms with Crippen molar-refractivity contribution in [3.8, 4) is 0 Å². The first kappa shape index (κ1) is 18.4. The highest BCUT2D eigenvalue weighted by Crippen LogP contribution is 2.05. The number of hydrogen-bond acceptors (Lipinski definition) is 3. The summed E-state index contributed by atoms with van der Waals surface area (Å²) in [6.45, 7) is 10.2. The Balaban J connectivity index is 3.74. The van der Waals surface area contributed by atoms with E-state index in [2.05, 4.69) is 24.6 Å². The van der Waals surface area contributed by atoms with Crippen LogP contribution in [0.1, 0.15) is 32.6 Å². The molecule has 0 aliphatic carbocycles. The maximum absolute atomic E-state index is 11.4. The predicted molar refractivity (Wildman–Crippen MR) is 82.8 cm³/mol. The summed E-state index contributed by atoms with van der Waals surface area (Å²) < 4.78 is 10.2. The number of rotatable bonds is 11. The molecule has 0 aliphatic rings.